The molecule has 0 aliphatic rings. The van der Waals surface area contributed by atoms with Crippen molar-refractivity contribution >= 4 is 23.2 Å². The second kappa shape index (κ2) is 8.11. The van der Waals surface area contributed by atoms with E-state index >= 15 is 0 Å². The lowest BCUT2D eigenvalue weighted by atomic mass is 9.86. The molecule has 6 heteroatoms. The number of aryl methyl sites for hydroxylation is 1. The predicted molar refractivity (Wildman–Crippen MR) is 114 cm³/mol. The van der Waals surface area contributed by atoms with Crippen LogP contribution in [0.25, 0.3) is 0 Å². The summed E-state index contributed by atoms with van der Waals surface area (Å²) < 4.78 is 0. The Labute approximate surface area is 170 Å². The van der Waals surface area contributed by atoms with Crippen molar-refractivity contribution in [1.29, 1.82) is 5.26 Å². The molecule has 6 nitrogen and oxygen atoms in total. The van der Waals surface area contributed by atoms with Gasteiger partial charge in [0.15, 0.2) is 0 Å². The zero-order valence-corrected chi connectivity index (χ0v) is 16.9. The van der Waals surface area contributed by atoms with Gasteiger partial charge in [0.1, 0.15) is 5.69 Å². The Bertz CT molecular complexity index is 1090. The molecule has 0 saturated heterocycles. The minimum Gasteiger partial charge on any atom is -0.324 e. The molecular formula is C23H23N5O. The number of carbonyl (C=O) groups excluding carboxylic acids is 1. The van der Waals surface area contributed by atoms with Crippen LogP contribution in [-0.2, 0) is 5.41 Å². The number of anilines is 3. The van der Waals surface area contributed by atoms with Crippen LogP contribution in [0, 0.1) is 18.3 Å². The minimum atomic E-state index is -0.363. The standard InChI is InChI=1S/C23H23N5O/c1-15-12-20(21(29)26-17-9-7-8-16(13-17)14-24)28-22(25-15)27-19-11-6-5-10-18(19)23(2,3)4/h5-13H,1-4H3,(H,26,29)(H,25,27,28). The maximum atomic E-state index is 12.7. The second-order valence-corrected chi connectivity index (χ2v) is 7.79. The molecule has 1 heterocycles. The molecule has 0 radical (unpaired) electrons. The number of benzene rings is 2. The highest BCUT2D eigenvalue weighted by Crippen LogP contribution is 2.30. The van der Waals surface area contributed by atoms with E-state index in [2.05, 4.69) is 53.5 Å². The molecule has 0 unspecified atom stereocenters. The van der Waals surface area contributed by atoms with Crippen LogP contribution in [-0.4, -0.2) is 15.9 Å². The number of carbonyl (C=O) groups is 1. The van der Waals surface area contributed by atoms with Gasteiger partial charge in [0.05, 0.1) is 11.6 Å². The van der Waals surface area contributed by atoms with Crippen LogP contribution in [0.15, 0.2) is 54.6 Å². The molecule has 146 valence electrons. The van der Waals surface area contributed by atoms with E-state index in [-0.39, 0.29) is 17.0 Å². The fourth-order valence-corrected chi connectivity index (χ4v) is 2.97. The van der Waals surface area contributed by atoms with Crippen LogP contribution in [0.3, 0.4) is 0 Å². The molecule has 0 bridgehead atoms. The number of amides is 1. The first-order chi connectivity index (χ1) is 13.8. The minimum absolute atomic E-state index is 0.0562. The topological polar surface area (TPSA) is 90.7 Å². The van der Waals surface area contributed by atoms with Crippen molar-refractivity contribution in [2.45, 2.75) is 33.1 Å². The molecule has 0 spiro atoms. The maximum absolute atomic E-state index is 12.7. The van der Waals surface area contributed by atoms with Crippen LogP contribution in [0.1, 0.15) is 48.1 Å². The van der Waals surface area contributed by atoms with Crippen LogP contribution in [0.2, 0.25) is 0 Å². The van der Waals surface area contributed by atoms with Crippen molar-refractivity contribution in [3.8, 4) is 6.07 Å². The van der Waals surface area contributed by atoms with E-state index in [1.54, 1.807) is 30.3 Å². The van der Waals surface area contributed by atoms with Crippen molar-refractivity contribution in [2.75, 3.05) is 10.6 Å². The summed E-state index contributed by atoms with van der Waals surface area (Å²) >= 11 is 0. The number of aromatic nitrogens is 2. The average molecular weight is 385 g/mol. The van der Waals surface area contributed by atoms with Crippen molar-refractivity contribution in [3.05, 3.63) is 77.1 Å². The van der Waals surface area contributed by atoms with Crippen molar-refractivity contribution in [1.82, 2.24) is 9.97 Å². The molecule has 29 heavy (non-hydrogen) atoms. The fraction of sp³-hybridized carbons (Fsp3) is 0.217. The number of nitrogens with zero attached hydrogens (tertiary/aromatic N) is 3. The van der Waals surface area contributed by atoms with Crippen molar-refractivity contribution in [2.24, 2.45) is 0 Å². The van der Waals surface area contributed by atoms with Gasteiger partial charge in [-0.1, -0.05) is 45.0 Å². The van der Waals surface area contributed by atoms with Crippen molar-refractivity contribution in [3.63, 3.8) is 0 Å². The molecule has 2 N–H and O–H groups in total. The van der Waals surface area contributed by atoms with E-state index < -0.39 is 0 Å². The summed E-state index contributed by atoms with van der Waals surface area (Å²) in [6, 6.07) is 18.4. The van der Waals surface area contributed by atoms with Gasteiger partial charge in [-0.3, -0.25) is 4.79 Å². The first-order valence-corrected chi connectivity index (χ1v) is 9.30. The van der Waals surface area contributed by atoms with Gasteiger partial charge >= 0.3 is 0 Å². The van der Waals surface area contributed by atoms with E-state index in [0.717, 1.165) is 11.3 Å². The lowest BCUT2D eigenvalue weighted by Gasteiger charge is -2.23. The Morgan fingerprint density at radius 1 is 1.03 bits per heavy atom. The van der Waals surface area contributed by atoms with Crippen molar-refractivity contribution < 1.29 is 4.79 Å². The highest BCUT2D eigenvalue weighted by molar-refractivity contribution is 6.03. The monoisotopic (exact) mass is 385 g/mol. The quantitative estimate of drug-likeness (QED) is 0.663. The SMILES string of the molecule is Cc1cc(C(=O)Nc2cccc(C#N)c2)nc(Nc2ccccc2C(C)(C)C)n1. The Hall–Kier alpha value is -3.72. The Morgan fingerprint density at radius 2 is 1.79 bits per heavy atom. The Morgan fingerprint density at radius 3 is 2.52 bits per heavy atom. The second-order valence-electron chi connectivity index (χ2n) is 7.79. The van der Waals surface area contributed by atoms with Gasteiger partial charge in [0.2, 0.25) is 5.95 Å². The van der Waals surface area contributed by atoms with E-state index in [4.69, 9.17) is 5.26 Å². The Kier molecular flexibility index (Phi) is 5.60. The number of para-hydroxylation sites is 1. The number of hydrogen-bond donors (Lipinski definition) is 2. The molecule has 3 rings (SSSR count). The number of nitrogens with one attached hydrogen (secondary N) is 2. The van der Waals surface area contributed by atoms with Gasteiger partial charge in [-0.25, -0.2) is 9.97 Å². The highest BCUT2D eigenvalue weighted by Gasteiger charge is 2.18. The van der Waals surface area contributed by atoms with Crippen LogP contribution < -0.4 is 10.6 Å². The third-order valence-electron chi connectivity index (χ3n) is 4.32. The zero-order valence-electron chi connectivity index (χ0n) is 16.9. The smallest absolute Gasteiger partial charge is 0.274 e. The summed E-state index contributed by atoms with van der Waals surface area (Å²) in [5.41, 5.74) is 3.91. The van der Waals surface area contributed by atoms with Crippen LogP contribution >= 0.6 is 0 Å². The molecule has 0 aliphatic carbocycles. The molecule has 0 atom stereocenters. The maximum Gasteiger partial charge on any atom is 0.274 e. The fourth-order valence-electron chi connectivity index (χ4n) is 2.97. The third-order valence-corrected chi connectivity index (χ3v) is 4.32. The van der Waals surface area contributed by atoms with Crippen LogP contribution in [0.5, 0.6) is 0 Å². The largest absolute Gasteiger partial charge is 0.324 e. The van der Waals surface area contributed by atoms with Gasteiger partial charge in [0, 0.05) is 17.1 Å². The molecule has 0 fully saturated rings. The molecule has 2 aromatic carbocycles. The first kappa shape index (κ1) is 20.0. The summed E-state index contributed by atoms with van der Waals surface area (Å²) in [6.45, 7) is 8.23. The first-order valence-electron chi connectivity index (χ1n) is 9.30. The van der Waals surface area contributed by atoms with E-state index in [1.807, 2.05) is 25.1 Å². The van der Waals surface area contributed by atoms with Gasteiger partial charge in [-0.05, 0) is 48.2 Å². The summed E-state index contributed by atoms with van der Waals surface area (Å²) in [5.74, 6) is -0.00429. The number of rotatable bonds is 4. The van der Waals surface area contributed by atoms with Crippen LogP contribution in [0.4, 0.5) is 17.3 Å². The number of nitriles is 1. The normalized spacial score (nSPS) is 10.9. The van der Waals surface area contributed by atoms with E-state index in [1.165, 1.54) is 0 Å². The summed E-state index contributed by atoms with van der Waals surface area (Å²) in [6.07, 6.45) is 0. The van der Waals surface area contributed by atoms with E-state index in [0.29, 0.717) is 22.9 Å². The lowest BCUT2D eigenvalue weighted by Crippen LogP contribution is -2.17. The Balaban J connectivity index is 1.87. The van der Waals surface area contributed by atoms with Gasteiger partial charge in [0.25, 0.3) is 5.91 Å². The van der Waals surface area contributed by atoms with Gasteiger partial charge in [-0.2, -0.15) is 5.26 Å². The van der Waals surface area contributed by atoms with E-state index in [9.17, 15) is 4.79 Å². The molecule has 1 aromatic heterocycles. The predicted octanol–water partition coefficient (Wildman–Crippen LogP) is 4.95. The lowest BCUT2D eigenvalue weighted by molar-refractivity contribution is 0.102. The molecule has 1 amide bonds. The average Bonchev–Trinajstić information content (AvgIpc) is 2.67. The number of hydrogen-bond acceptors (Lipinski definition) is 5. The molecule has 3 aromatic rings. The summed E-state index contributed by atoms with van der Waals surface area (Å²) in [5, 5.41) is 15.0. The summed E-state index contributed by atoms with van der Waals surface area (Å²) in [7, 11) is 0. The van der Waals surface area contributed by atoms with Gasteiger partial charge in [-0.15, -0.1) is 0 Å². The molecule has 0 saturated carbocycles. The zero-order chi connectivity index (χ0) is 21.0. The summed E-state index contributed by atoms with van der Waals surface area (Å²) in [4.78, 5) is 21.5. The molecular weight excluding hydrogens is 362 g/mol. The molecule has 0 aliphatic heterocycles. The van der Waals surface area contributed by atoms with Gasteiger partial charge < -0.3 is 10.6 Å². The third kappa shape index (κ3) is 4.96. The highest BCUT2D eigenvalue weighted by atomic mass is 16.1.